The lowest BCUT2D eigenvalue weighted by Crippen LogP contribution is -2.49. The van der Waals surface area contributed by atoms with E-state index in [0.29, 0.717) is 133 Å². The van der Waals surface area contributed by atoms with Crippen molar-refractivity contribution < 1.29 is 76.0 Å². The van der Waals surface area contributed by atoms with E-state index < -0.39 is 54.5 Å². The molecule has 25 nitrogen and oxygen atoms in total. The van der Waals surface area contributed by atoms with Gasteiger partial charge in [-0.15, -0.1) is 18.2 Å². The number of nitrogens with zero attached hydrogens (tertiary/aromatic N) is 8. The highest BCUT2D eigenvalue weighted by Crippen LogP contribution is 2.33. The van der Waals surface area contributed by atoms with Crippen LogP contribution in [0.4, 0.5) is 8.78 Å². The topological polar surface area (TPSA) is 290 Å². The summed E-state index contributed by atoms with van der Waals surface area (Å²) in [6, 6.07) is 13.9. The molecule has 4 aliphatic rings. The molecule has 0 bridgehead atoms. The number of aromatic nitrogens is 1. The molecule has 4 aliphatic heterocycles. The first-order valence-electron chi connectivity index (χ1n) is 33.8. The zero-order valence-corrected chi connectivity index (χ0v) is 56.5. The summed E-state index contributed by atoms with van der Waals surface area (Å²) in [6.45, 7) is 6.60. The first kappa shape index (κ1) is 76.5. The van der Waals surface area contributed by atoms with Crippen LogP contribution in [0.2, 0.25) is 0 Å². The quantitative estimate of drug-likeness (QED) is 0.0270. The first-order valence-corrected chi connectivity index (χ1v) is 34.8. The highest BCUT2D eigenvalue weighted by molar-refractivity contribution is 8.01. The van der Waals surface area contributed by atoms with Crippen LogP contribution >= 0.6 is 11.8 Å². The van der Waals surface area contributed by atoms with Gasteiger partial charge in [0.05, 0.1) is 55.2 Å². The van der Waals surface area contributed by atoms with Crippen LogP contribution in [-0.4, -0.2) is 258 Å². The third kappa shape index (κ3) is 26.2. The lowest BCUT2D eigenvalue weighted by Gasteiger charge is -2.33. The van der Waals surface area contributed by atoms with E-state index in [-0.39, 0.29) is 92.8 Å². The molecule has 2 unspecified atom stereocenters. The summed E-state index contributed by atoms with van der Waals surface area (Å²) in [5.74, 6) is -3.16. The number of nitrogens with one attached hydrogen (secondary N) is 3. The molecule has 28 heteroatoms. The molecule has 0 aliphatic carbocycles. The second-order valence-electron chi connectivity index (χ2n) is 25.4. The van der Waals surface area contributed by atoms with Gasteiger partial charge in [0.15, 0.2) is 0 Å². The standard InChI is InChI=1S/C69H95F2N11O14S/c1-3-54-41-69(70,71)46-82(54)65(89)43-75-67(92)57-22-26-72-59-21-20-55(39-58(57)59)96-38-8-6-11-53-23-28-80(29-24-53)63(87)15-10-27-81-64(88)40-60(68(81)93)97-56(13-5-4-7-25-73-61(85)14-9-12-52-18-16-51(2)17-19-52)42-74-62(86)44-76-30-31-77(45-66(90)91)33-35-79(48-95-50-84)37-36-78(34-32-76)47-94-49-83/h1,16-22,26,39,49-50,53-54,56,60H,4-15,23-25,27-38,40-48H2,2H3,(H,73,85)(H,74,86)(H,75,92)(H,90,91)/t54-,56?,60?/m0/s1. The average Bonchev–Trinajstić information content (AvgIpc) is 1.81. The van der Waals surface area contributed by atoms with Gasteiger partial charge in [0.1, 0.15) is 19.2 Å². The van der Waals surface area contributed by atoms with E-state index >= 15 is 0 Å². The second-order valence-corrected chi connectivity index (χ2v) is 26.9. The minimum Gasteiger partial charge on any atom is -0.494 e. The Labute approximate surface area is 570 Å². The number of thioether (sulfide) groups is 1. The highest BCUT2D eigenvalue weighted by atomic mass is 32.2. The molecule has 1 aromatic heterocycles. The van der Waals surface area contributed by atoms with Crippen molar-refractivity contribution in [2.45, 2.75) is 132 Å². The van der Waals surface area contributed by atoms with Crippen LogP contribution in [0.25, 0.3) is 10.9 Å². The van der Waals surface area contributed by atoms with Gasteiger partial charge in [0, 0.05) is 128 Å². The number of ether oxygens (including phenoxy) is 3. The van der Waals surface area contributed by atoms with Crippen molar-refractivity contribution in [1.82, 2.24) is 55.2 Å². The molecule has 4 saturated heterocycles. The van der Waals surface area contributed by atoms with E-state index in [0.717, 1.165) is 69.1 Å². The number of aliphatic carboxylic acids is 1. The Balaban J connectivity index is 0.840. The number of hydrogen-bond acceptors (Lipinski definition) is 19. The number of alkyl halides is 2. The van der Waals surface area contributed by atoms with E-state index in [2.05, 4.69) is 51.1 Å². The number of unbranched alkanes of at least 4 members (excludes halogenated alkanes) is 3. The SMILES string of the molecule is C#C[C@H]1CC(F)(F)CN1C(=O)CNC(=O)c1ccnc2ccc(OCCCCC3CCN(C(=O)CCCN4C(=O)CC(SC(CCCCCNC(=O)CCCc5ccc(C)cc5)CNC(=O)CN5CCN(COC=O)CCN(COC=O)CCN(CC(=O)O)CC5)C4=O)CC3)cc12. The van der Waals surface area contributed by atoms with Crippen molar-refractivity contribution in [2.24, 2.45) is 5.92 Å². The maximum atomic E-state index is 14.0. The number of pyridine rings is 1. The number of terminal acetylenes is 1. The Morgan fingerprint density at radius 1 is 0.773 bits per heavy atom. The lowest BCUT2D eigenvalue weighted by atomic mass is 9.91. The number of carboxylic acid groups (broad SMARTS) is 1. The largest absolute Gasteiger partial charge is 0.494 e. The number of fused-ring (bicyclic) bond motifs is 1. The van der Waals surface area contributed by atoms with Gasteiger partial charge in [-0.1, -0.05) is 55.0 Å². The van der Waals surface area contributed by atoms with E-state index in [9.17, 15) is 61.8 Å². The third-order valence-electron chi connectivity index (χ3n) is 18.1. The highest BCUT2D eigenvalue weighted by Gasteiger charge is 2.46. The Bertz CT molecular complexity index is 3160. The summed E-state index contributed by atoms with van der Waals surface area (Å²) in [7, 11) is 0. The molecule has 3 atom stereocenters. The fraction of sp³-hybridized carbons (Fsp3) is 0.609. The van der Waals surface area contributed by atoms with E-state index in [1.165, 1.54) is 40.1 Å². The van der Waals surface area contributed by atoms with Crippen molar-refractivity contribution in [3.8, 4) is 18.1 Å². The fourth-order valence-electron chi connectivity index (χ4n) is 12.5. The molecule has 2 aromatic carbocycles. The summed E-state index contributed by atoms with van der Waals surface area (Å²) in [4.78, 5) is 143. The number of carbonyl (C=O) groups is 10. The molecule has 97 heavy (non-hydrogen) atoms. The van der Waals surface area contributed by atoms with Gasteiger partial charge in [0.25, 0.3) is 24.8 Å². The number of aryl methyl sites for hydroxylation is 2. The minimum atomic E-state index is -3.10. The normalized spacial score (nSPS) is 18.9. The number of benzene rings is 2. The van der Waals surface area contributed by atoms with Gasteiger partial charge in [-0.2, -0.15) is 0 Å². The molecular formula is C69H95F2N11O14S. The number of carbonyl (C=O) groups excluding carboxylic acids is 9. The number of halogens is 2. The number of hydrogen-bond donors (Lipinski definition) is 4. The smallest absolute Gasteiger partial charge is 0.317 e. The predicted octanol–water partition coefficient (Wildman–Crippen LogP) is 4.32. The van der Waals surface area contributed by atoms with Gasteiger partial charge in [0.2, 0.25) is 35.4 Å². The Hall–Kier alpha value is -7.84. The molecular weight excluding hydrogens is 1280 g/mol. The molecule has 0 radical (unpaired) electrons. The van der Waals surface area contributed by atoms with E-state index in [1.54, 1.807) is 23.1 Å². The van der Waals surface area contributed by atoms with Crippen LogP contribution in [0, 0.1) is 25.2 Å². The minimum absolute atomic E-state index is 0.000344. The zero-order valence-electron chi connectivity index (χ0n) is 55.7. The van der Waals surface area contributed by atoms with Crippen molar-refractivity contribution in [3.05, 3.63) is 71.4 Å². The molecule has 4 fully saturated rings. The van der Waals surface area contributed by atoms with Crippen LogP contribution in [0.15, 0.2) is 54.7 Å². The summed E-state index contributed by atoms with van der Waals surface area (Å²) >= 11 is 1.37. The van der Waals surface area contributed by atoms with Crippen molar-refractivity contribution in [1.29, 1.82) is 0 Å². The lowest BCUT2D eigenvalue weighted by molar-refractivity contribution is -0.140. The van der Waals surface area contributed by atoms with Gasteiger partial charge in [-0.25, -0.2) is 8.78 Å². The number of imide groups is 1. The number of piperidine rings is 1. The maximum Gasteiger partial charge on any atom is 0.317 e. The van der Waals surface area contributed by atoms with E-state index in [4.69, 9.17) is 20.6 Å². The van der Waals surface area contributed by atoms with Crippen molar-refractivity contribution in [3.63, 3.8) is 0 Å². The third-order valence-corrected chi connectivity index (χ3v) is 19.5. The molecule has 5 heterocycles. The van der Waals surface area contributed by atoms with Crippen molar-refractivity contribution >= 4 is 82.9 Å². The monoisotopic (exact) mass is 1370 g/mol. The Morgan fingerprint density at radius 3 is 2.12 bits per heavy atom. The van der Waals surface area contributed by atoms with Crippen molar-refractivity contribution in [2.75, 3.05) is 131 Å². The molecule has 4 N–H and O–H groups in total. The molecule has 530 valence electrons. The zero-order chi connectivity index (χ0) is 69.5. The molecule has 0 spiro atoms. The summed E-state index contributed by atoms with van der Waals surface area (Å²) < 4.78 is 44.1. The summed E-state index contributed by atoms with van der Waals surface area (Å²) in [6.07, 6.45) is 15.8. The Morgan fingerprint density at radius 2 is 1.45 bits per heavy atom. The predicted molar refractivity (Wildman–Crippen MR) is 359 cm³/mol. The molecule has 3 aromatic rings. The van der Waals surface area contributed by atoms with Gasteiger partial charge in [-0.05, 0) is 100 Å². The molecule has 7 amide bonds. The van der Waals surface area contributed by atoms with Crippen LogP contribution in [0.1, 0.15) is 118 Å². The molecule has 7 rings (SSSR count). The number of carboxylic acids is 1. The molecule has 0 saturated carbocycles. The Kier molecular flexibility index (Phi) is 31.7. The summed E-state index contributed by atoms with van der Waals surface area (Å²) in [5.41, 5.74) is 3.15. The fourth-order valence-corrected chi connectivity index (χ4v) is 13.9. The van der Waals surface area contributed by atoms with Gasteiger partial charge in [-0.3, -0.25) is 77.4 Å². The van der Waals surface area contributed by atoms with E-state index in [1.807, 2.05) is 26.5 Å². The van der Waals surface area contributed by atoms with Gasteiger partial charge >= 0.3 is 5.97 Å². The summed E-state index contributed by atoms with van der Waals surface area (Å²) in [5, 5.41) is 17.9. The first-order chi connectivity index (χ1) is 46.8. The van der Waals surface area contributed by atoms with Crippen LogP contribution in [-0.2, 0) is 59.0 Å². The van der Waals surface area contributed by atoms with Crippen LogP contribution in [0.3, 0.4) is 0 Å². The number of rotatable bonds is 37. The van der Waals surface area contributed by atoms with Crippen LogP contribution < -0.4 is 20.7 Å². The maximum absolute atomic E-state index is 14.0. The second kappa shape index (κ2) is 40.1. The van der Waals surface area contributed by atoms with Gasteiger partial charge < -0.3 is 45.1 Å². The average molecular weight is 1370 g/mol. The van der Waals surface area contributed by atoms with Crippen LogP contribution in [0.5, 0.6) is 5.75 Å². The number of amides is 7. The number of likely N-dealkylation sites (tertiary alicyclic amines) is 3.